The van der Waals surface area contributed by atoms with Crippen LogP contribution in [-0.4, -0.2) is 14.5 Å². The first-order valence-electron chi connectivity index (χ1n) is 4.66. The summed E-state index contributed by atoms with van der Waals surface area (Å²) in [5.74, 6) is 0.821. The molecule has 1 unspecified atom stereocenters. The van der Waals surface area contributed by atoms with Crippen LogP contribution in [0.15, 0.2) is 18.3 Å². The third kappa shape index (κ3) is 3.73. The molecule has 0 aliphatic carbocycles. The second-order valence-electron chi connectivity index (χ2n) is 3.16. The zero-order valence-corrected chi connectivity index (χ0v) is 11.2. The maximum absolute atomic E-state index is 11.2. The molecule has 2 N–H and O–H groups in total. The fourth-order valence-electron chi connectivity index (χ4n) is 1.32. The molecule has 0 aliphatic rings. The number of rotatable bonds is 5. The van der Waals surface area contributed by atoms with Crippen LogP contribution in [-0.2, 0) is 11.2 Å². The van der Waals surface area contributed by atoms with Crippen LogP contribution in [0.1, 0.15) is 23.7 Å². The number of halogens is 1. The van der Waals surface area contributed by atoms with Gasteiger partial charge in [-0.15, -0.1) is 0 Å². The van der Waals surface area contributed by atoms with Crippen LogP contribution in [0, 0.1) is 0 Å². The molecular formula is C10H13IN2OS. The number of carbonyl (C=O) groups is 1. The van der Waals surface area contributed by atoms with Crippen molar-refractivity contribution in [2.75, 3.05) is 5.75 Å². The Bertz CT molecular complexity index is 346. The Labute approximate surface area is 108 Å². The van der Waals surface area contributed by atoms with Crippen LogP contribution in [0.2, 0.25) is 0 Å². The van der Waals surface area contributed by atoms with E-state index in [9.17, 15) is 4.79 Å². The standard InChI is InChI=1S/C10H13IN2OS/c11-10(14)8(12)9-7(4-2-6-15)3-1-5-13-9/h1,3,5,8,15H,2,4,6,12H2. The van der Waals surface area contributed by atoms with E-state index in [1.807, 2.05) is 12.1 Å². The molecule has 15 heavy (non-hydrogen) atoms. The zero-order chi connectivity index (χ0) is 11.3. The molecule has 1 rings (SSSR count). The van der Waals surface area contributed by atoms with Gasteiger partial charge in [0.2, 0.25) is 3.79 Å². The lowest BCUT2D eigenvalue weighted by molar-refractivity contribution is -0.110. The molecule has 0 spiro atoms. The lowest BCUT2D eigenvalue weighted by Gasteiger charge is -2.11. The lowest BCUT2D eigenvalue weighted by atomic mass is 10.0. The van der Waals surface area contributed by atoms with Crippen molar-refractivity contribution in [3.63, 3.8) is 0 Å². The Morgan fingerprint density at radius 2 is 2.40 bits per heavy atom. The Balaban J connectivity index is 2.90. The van der Waals surface area contributed by atoms with Crippen molar-refractivity contribution in [2.24, 2.45) is 5.73 Å². The Morgan fingerprint density at radius 1 is 1.67 bits per heavy atom. The molecule has 0 fully saturated rings. The number of hydrogen-bond donors (Lipinski definition) is 2. The van der Waals surface area contributed by atoms with Gasteiger partial charge in [-0.1, -0.05) is 6.07 Å². The second-order valence-corrected chi connectivity index (χ2v) is 4.67. The number of hydrogen-bond acceptors (Lipinski definition) is 4. The summed E-state index contributed by atoms with van der Waals surface area (Å²) in [6.45, 7) is 0. The molecule has 0 amide bonds. The Morgan fingerprint density at radius 3 is 3.00 bits per heavy atom. The Hall–Kier alpha value is -0.140. The molecule has 1 atom stereocenters. The third-order valence-corrected chi connectivity index (χ3v) is 3.06. The SMILES string of the molecule is NC(C(=O)I)c1ncccc1CCCS. The number of aromatic nitrogens is 1. The van der Waals surface area contributed by atoms with Gasteiger partial charge in [0.25, 0.3) is 0 Å². The van der Waals surface area contributed by atoms with Gasteiger partial charge in [-0.2, -0.15) is 12.6 Å². The lowest BCUT2D eigenvalue weighted by Crippen LogP contribution is -2.19. The zero-order valence-electron chi connectivity index (χ0n) is 8.19. The normalized spacial score (nSPS) is 12.5. The van der Waals surface area contributed by atoms with E-state index in [0.717, 1.165) is 24.2 Å². The quantitative estimate of drug-likeness (QED) is 0.491. The predicted molar refractivity (Wildman–Crippen MR) is 72.4 cm³/mol. The van der Waals surface area contributed by atoms with Gasteiger partial charge in [0.1, 0.15) is 6.04 Å². The van der Waals surface area contributed by atoms with Crippen LogP contribution in [0.5, 0.6) is 0 Å². The largest absolute Gasteiger partial charge is 0.316 e. The van der Waals surface area contributed by atoms with Gasteiger partial charge >= 0.3 is 0 Å². The summed E-state index contributed by atoms with van der Waals surface area (Å²) in [5.41, 5.74) is 7.51. The highest BCUT2D eigenvalue weighted by Gasteiger charge is 2.17. The molecule has 1 aromatic rings. The summed E-state index contributed by atoms with van der Waals surface area (Å²) >= 11 is 5.86. The highest BCUT2D eigenvalue weighted by molar-refractivity contribution is 14.1. The first kappa shape index (κ1) is 12.9. The van der Waals surface area contributed by atoms with Gasteiger partial charge in [0.05, 0.1) is 5.69 Å². The van der Waals surface area contributed by atoms with Crippen molar-refractivity contribution < 1.29 is 4.79 Å². The van der Waals surface area contributed by atoms with E-state index < -0.39 is 6.04 Å². The van der Waals surface area contributed by atoms with Crippen molar-refractivity contribution in [1.29, 1.82) is 0 Å². The number of aryl methyl sites for hydroxylation is 1. The minimum Gasteiger partial charge on any atom is -0.316 e. The average Bonchev–Trinajstić information content (AvgIpc) is 2.25. The molecule has 1 heterocycles. The van der Waals surface area contributed by atoms with Crippen LogP contribution in [0.25, 0.3) is 0 Å². The first-order chi connectivity index (χ1) is 7.16. The molecule has 0 saturated heterocycles. The number of nitrogens with two attached hydrogens (primary N) is 1. The third-order valence-electron chi connectivity index (χ3n) is 2.07. The van der Waals surface area contributed by atoms with E-state index in [-0.39, 0.29) is 3.79 Å². The summed E-state index contributed by atoms with van der Waals surface area (Å²) < 4.78 is -0.0848. The Kier molecular flexibility index (Phi) is 5.55. The first-order valence-corrected chi connectivity index (χ1v) is 6.37. The van der Waals surface area contributed by atoms with E-state index in [1.54, 1.807) is 28.8 Å². The van der Waals surface area contributed by atoms with E-state index in [4.69, 9.17) is 5.73 Å². The molecule has 0 saturated carbocycles. The van der Waals surface area contributed by atoms with Crippen LogP contribution in [0.3, 0.4) is 0 Å². The van der Waals surface area contributed by atoms with E-state index >= 15 is 0 Å². The molecule has 5 heteroatoms. The summed E-state index contributed by atoms with van der Waals surface area (Å²) in [7, 11) is 0. The van der Waals surface area contributed by atoms with Crippen molar-refractivity contribution in [1.82, 2.24) is 4.98 Å². The van der Waals surface area contributed by atoms with E-state index in [2.05, 4.69) is 17.6 Å². The van der Waals surface area contributed by atoms with Crippen LogP contribution >= 0.6 is 35.2 Å². The summed E-state index contributed by atoms with van der Waals surface area (Å²) in [5, 5.41) is 0. The van der Waals surface area contributed by atoms with Crippen molar-refractivity contribution in [3.8, 4) is 0 Å². The molecule has 0 aliphatic heterocycles. The van der Waals surface area contributed by atoms with Crippen LogP contribution < -0.4 is 5.73 Å². The van der Waals surface area contributed by atoms with E-state index in [0.29, 0.717) is 5.69 Å². The smallest absolute Gasteiger partial charge is 0.215 e. The number of thiol groups is 1. The second kappa shape index (κ2) is 6.44. The minimum absolute atomic E-state index is 0.0848. The van der Waals surface area contributed by atoms with E-state index in [1.165, 1.54) is 0 Å². The molecule has 1 aromatic heterocycles. The monoisotopic (exact) mass is 336 g/mol. The summed E-state index contributed by atoms with van der Waals surface area (Å²) in [6.07, 6.45) is 3.49. The summed E-state index contributed by atoms with van der Waals surface area (Å²) in [4.78, 5) is 15.4. The highest BCUT2D eigenvalue weighted by atomic mass is 127. The van der Waals surface area contributed by atoms with Gasteiger partial charge in [-0.05, 0) is 30.2 Å². The molecule has 0 aromatic carbocycles. The average molecular weight is 336 g/mol. The number of carbonyl (C=O) groups excluding carboxylic acids is 1. The predicted octanol–water partition coefficient (Wildman–Crippen LogP) is 1.91. The number of nitrogens with zero attached hydrogens (tertiary/aromatic N) is 1. The van der Waals surface area contributed by atoms with Gasteiger partial charge < -0.3 is 5.73 Å². The van der Waals surface area contributed by atoms with Crippen molar-refractivity contribution >= 4 is 39.0 Å². The fraction of sp³-hybridized carbons (Fsp3) is 0.400. The minimum atomic E-state index is -0.610. The molecule has 3 nitrogen and oxygen atoms in total. The summed E-state index contributed by atoms with van der Waals surface area (Å²) in [6, 6.07) is 3.22. The van der Waals surface area contributed by atoms with Crippen molar-refractivity contribution in [2.45, 2.75) is 18.9 Å². The molecule has 0 bridgehead atoms. The highest BCUT2D eigenvalue weighted by Crippen LogP contribution is 2.18. The maximum Gasteiger partial charge on any atom is 0.215 e. The van der Waals surface area contributed by atoms with Gasteiger partial charge in [-0.3, -0.25) is 9.78 Å². The fourth-order valence-corrected chi connectivity index (χ4v) is 1.77. The maximum atomic E-state index is 11.2. The number of pyridine rings is 1. The topological polar surface area (TPSA) is 56.0 Å². The molecule has 0 radical (unpaired) electrons. The van der Waals surface area contributed by atoms with Gasteiger partial charge in [-0.25, -0.2) is 0 Å². The van der Waals surface area contributed by atoms with Gasteiger partial charge in [0.15, 0.2) is 0 Å². The molecule has 82 valence electrons. The van der Waals surface area contributed by atoms with Gasteiger partial charge in [0, 0.05) is 28.8 Å². The van der Waals surface area contributed by atoms with Crippen LogP contribution in [0.4, 0.5) is 0 Å². The van der Waals surface area contributed by atoms with Crippen molar-refractivity contribution in [3.05, 3.63) is 29.6 Å². The molecular weight excluding hydrogens is 323 g/mol.